The van der Waals surface area contributed by atoms with Crippen LogP contribution in [-0.4, -0.2) is 14.7 Å². The van der Waals surface area contributed by atoms with Gasteiger partial charge in [-0.3, -0.25) is 0 Å². The second kappa shape index (κ2) is 5.93. The second-order valence-electron chi connectivity index (χ2n) is 4.39. The van der Waals surface area contributed by atoms with Crippen LogP contribution in [0.1, 0.15) is 5.56 Å². The van der Waals surface area contributed by atoms with E-state index in [1.54, 1.807) is 18.2 Å². The van der Waals surface area contributed by atoms with Gasteiger partial charge in [0.25, 0.3) is 0 Å². The van der Waals surface area contributed by atoms with E-state index in [1.165, 1.54) is 30.5 Å². The van der Waals surface area contributed by atoms with E-state index in [1.807, 2.05) is 0 Å². The predicted molar refractivity (Wildman–Crippen MR) is 81.0 cm³/mol. The van der Waals surface area contributed by atoms with Crippen molar-refractivity contribution in [3.63, 3.8) is 0 Å². The Bertz CT molecular complexity index is 714. The van der Waals surface area contributed by atoms with Gasteiger partial charge in [0.1, 0.15) is 5.82 Å². The van der Waals surface area contributed by atoms with E-state index in [-0.39, 0.29) is 10.7 Å². The standard InChI is InChI=1S/C14H13BrFNO2S/c1-20(18,19)13-5-3-12(4-6-13)17-9-10-8-11(16)2-7-14(10)15/h2-8,17H,9H2,1H3. The van der Waals surface area contributed by atoms with Gasteiger partial charge in [0.15, 0.2) is 9.84 Å². The summed E-state index contributed by atoms with van der Waals surface area (Å²) in [7, 11) is -3.18. The Kier molecular flexibility index (Phi) is 4.45. The van der Waals surface area contributed by atoms with E-state index in [2.05, 4.69) is 21.2 Å². The minimum absolute atomic E-state index is 0.273. The first-order valence-corrected chi connectivity index (χ1v) is 8.52. The lowest BCUT2D eigenvalue weighted by atomic mass is 10.2. The van der Waals surface area contributed by atoms with Gasteiger partial charge in [0.2, 0.25) is 0 Å². The van der Waals surface area contributed by atoms with E-state index in [9.17, 15) is 12.8 Å². The van der Waals surface area contributed by atoms with Crippen LogP contribution in [-0.2, 0) is 16.4 Å². The van der Waals surface area contributed by atoms with Gasteiger partial charge in [0, 0.05) is 23.0 Å². The quantitative estimate of drug-likeness (QED) is 0.908. The molecule has 0 radical (unpaired) electrons. The molecule has 0 bridgehead atoms. The van der Waals surface area contributed by atoms with Crippen molar-refractivity contribution in [2.24, 2.45) is 0 Å². The van der Waals surface area contributed by atoms with Crippen LogP contribution in [0.15, 0.2) is 51.8 Å². The Morgan fingerprint density at radius 1 is 1.15 bits per heavy atom. The molecule has 0 heterocycles. The highest BCUT2D eigenvalue weighted by molar-refractivity contribution is 9.10. The van der Waals surface area contributed by atoms with Crippen LogP contribution < -0.4 is 5.32 Å². The molecule has 0 spiro atoms. The highest BCUT2D eigenvalue weighted by atomic mass is 79.9. The predicted octanol–water partition coefficient (Wildman–Crippen LogP) is 3.60. The highest BCUT2D eigenvalue weighted by Gasteiger charge is 2.06. The van der Waals surface area contributed by atoms with Crippen LogP contribution in [0.3, 0.4) is 0 Å². The van der Waals surface area contributed by atoms with Gasteiger partial charge in [0.05, 0.1) is 4.90 Å². The number of nitrogens with one attached hydrogen (secondary N) is 1. The summed E-state index contributed by atoms with van der Waals surface area (Å²) < 4.78 is 36.6. The third kappa shape index (κ3) is 3.80. The summed E-state index contributed by atoms with van der Waals surface area (Å²) in [6, 6.07) is 10.9. The summed E-state index contributed by atoms with van der Waals surface area (Å²) in [5.41, 5.74) is 1.56. The van der Waals surface area contributed by atoms with E-state index < -0.39 is 9.84 Å². The summed E-state index contributed by atoms with van der Waals surface area (Å²) in [6.45, 7) is 0.441. The van der Waals surface area contributed by atoms with Gasteiger partial charge in [-0.25, -0.2) is 12.8 Å². The third-order valence-corrected chi connectivity index (χ3v) is 4.68. The van der Waals surface area contributed by atoms with Crippen LogP contribution >= 0.6 is 15.9 Å². The first-order valence-electron chi connectivity index (χ1n) is 5.84. The molecule has 0 atom stereocenters. The van der Waals surface area contributed by atoms with Crippen LogP contribution in [0.4, 0.5) is 10.1 Å². The Morgan fingerprint density at radius 3 is 2.40 bits per heavy atom. The smallest absolute Gasteiger partial charge is 0.175 e. The number of anilines is 1. The molecule has 0 aliphatic carbocycles. The zero-order valence-electron chi connectivity index (χ0n) is 10.7. The summed E-state index contributed by atoms with van der Waals surface area (Å²) >= 11 is 3.36. The van der Waals surface area contributed by atoms with Crippen molar-refractivity contribution in [1.29, 1.82) is 0 Å². The number of halogens is 2. The molecule has 6 heteroatoms. The Hall–Kier alpha value is -1.40. The topological polar surface area (TPSA) is 46.2 Å². The SMILES string of the molecule is CS(=O)(=O)c1ccc(NCc2cc(F)ccc2Br)cc1. The van der Waals surface area contributed by atoms with E-state index >= 15 is 0 Å². The van der Waals surface area contributed by atoms with Crippen molar-refractivity contribution in [2.75, 3.05) is 11.6 Å². The van der Waals surface area contributed by atoms with E-state index in [0.29, 0.717) is 6.54 Å². The molecule has 0 fully saturated rings. The molecule has 2 aromatic rings. The van der Waals surface area contributed by atoms with Crippen molar-refractivity contribution in [3.05, 3.63) is 58.3 Å². The summed E-state index contributed by atoms with van der Waals surface area (Å²) in [5, 5.41) is 3.12. The molecule has 0 unspecified atom stereocenters. The molecule has 20 heavy (non-hydrogen) atoms. The average molecular weight is 358 g/mol. The summed E-state index contributed by atoms with van der Waals surface area (Å²) in [5.74, 6) is -0.294. The Balaban J connectivity index is 2.10. The molecule has 0 saturated heterocycles. The molecule has 0 aliphatic heterocycles. The zero-order valence-corrected chi connectivity index (χ0v) is 13.1. The van der Waals surface area contributed by atoms with Crippen molar-refractivity contribution in [1.82, 2.24) is 0 Å². The van der Waals surface area contributed by atoms with Gasteiger partial charge in [-0.1, -0.05) is 15.9 Å². The number of benzene rings is 2. The number of hydrogen-bond acceptors (Lipinski definition) is 3. The summed E-state index contributed by atoms with van der Waals surface area (Å²) in [6.07, 6.45) is 1.17. The molecular weight excluding hydrogens is 345 g/mol. The van der Waals surface area contributed by atoms with Crippen LogP contribution in [0.2, 0.25) is 0 Å². The lowest BCUT2D eigenvalue weighted by Crippen LogP contribution is -2.02. The molecular formula is C14H13BrFNO2S. The van der Waals surface area contributed by atoms with Crippen molar-refractivity contribution >= 4 is 31.5 Å². The molecule has 0 saturated carbocycles. The van der Waals surface area contributed by atoms with Crippen molar-refractivity contribution in [3.8, 4) is 0 Å². The maximum Gasteiger partial charge on any atom is 0.175 e. The van der Waals surface area contributed by atoms with Crippen molar-refractivity contribution in [2.45, 2.75) is 11.4 Å². The lowest BCUT2D eigenvalue weighted by molar-refractivity contribution is 0.602. The summed E-state index contributed by atoms with van der Waals surface area (Å²) in [4.78, 5) is 0.273. The highest BCUT2D eigenvalue weighted by Crippen LogP contribution is 2.20. The monoisotopic (exact) mass is 357 g/mol. The maximum atomic E-state index is 13.1. The van der Waals surface area contributed by atoms with Gasteiger partial charge in [-0.15, -0.1) is 0 Å². The fourth-order valence-electron chi connectivity index (χ4n) is 1.70. The maximum absolute atomic E-state index is 13.1. The van der Waals surface area contributed by atoms with Gasteiger partial charge < -0.3 is 5.32 Å². The fourth-order valence-corrected chi connectivity index (χ4v) is 2.71. The Labute approximate surface area is 125 Å². The fraction of sp³-hybridized carbons (Fsp3) is 0.143. The number of rotatable bonds is 4. The Morgan fingerprint density at radius 2 is 1.80 bits per heavy atom. The lowest BCUT2D eigenvalue weighted by Gasteiger charge is -2.09. The normalized spacial score (nSPS) is 11.3. The first-order chi connectivity index (χ1) is 9.36. The first kappa shape index (κ1) is 15.0. The minimum atomic E-state index is -3.18. The largest absolute Gasteiger partial charge is 0.381 e. The molecule has 0 aliphatic rings. The van der Waals surface area contributed by atoms with Crippen LogP contribution in [0.25, 0.3) is 0 Å². The van der Waals surface area contributed by atoms with Crippen LogP contribution in [0.5, 0.6) is 0 Å². The molecule has 1 N–H and O–H groups in total. The molecule has 0 amide bonds. The van der Waals surface area contributed by atoms with Crippen molar-refractivity contribution < 1.29 is 12.8 Å². The van der Waals surface area contributed by atoms with Gasteiger partial charge in [-0.2, -0.15) is 0 Å². The average Bonchev–Trinajstić information content (AvgIpc) is 2.39. The zero-order chi connectivity index (χ0) is 14.8. The van der Waals surface area contributed by atoms with Crippen LogP contribution in [0, 0.1) is 5.82 Å². The van der Waals surface area contributed by atoms with E-state index in [0.717, 1.165) is 15.7 Å². The molecule has 106 valence electrons. The third-order valence-electron chi connectivity index (χ3n) is 2.77. The molecule has 2 aromatic carbocycles. The number of sulfone groups is 1. The molecule has 0 aromatic heterocycles. The van der Waals surface area contributed by atoms with E-state index in [4.69, 9.17) is 0 Å². The molecule has 3 nitrogen and oxygen atoms in total. The number of hydrogen-bond donors (Lipinski definition) is 1. The van der Waals surface area contributed by atoms with Gasteiger partial charge in [-0.05, 0) is 48.0 Å². The second-order valence-corrected chi connectivity index (χ2v) is 7.26. The van der Waals surface area contributed by atoms with Gasteiger partial charge >= 0.3 is 0 Å². The minimum Gasteiger partial charge on any atom is -0.381 e. The molecule has 2 rings (SSSR count).